The van der Waals surface area contributed by atoms with E-state index in [0.717, 1.165) is 12.2 Å². The van der Waals surface area contributed by atoms with Crippen LogP contribution in [0.5, 0.6) is 0 Å². The van der Waals surface area contributed by atoms with Crippen LogP contribution < -0.4 is 5.73 Å². The van der Waals surface area contributed by atoms with Crippen molar-refractivity contribution in [3.63, 3.8) is 0 Å². The Kier molecular flexibility index (Phi) is 3.65. The van der Waals surface area contributed by atoms with Crippen molar-refractivity contribution in [2.24, 2.45) is 13.0 Å². The number of hydrogen-bond donors (Lipinski definition) is 1. The van der Waals surface area contributed by atoms with E-state index in [2.05, 4.69) is 48.2 Å². The van der Waals surface area contributed by atoms with Gasteiger partial charge in [-0.1, -0.05) is 50.6 Å². The minimum Gasteiger partial charge on any atom is -0.368 e. The van der Waals surface area contributed by atoms with Gasteiger partial charge in [0, 0.05) is 13.0 Å². The normalized spacial score (nSPS) is 14.4. The van der Waals surface area contributed by atoms with Crippen molar-refractivity contribution in [1.82, 2.24) is 14.8 Å². The third-order valence-corrected chi connectivity index (χ3v) is 3.46. The Hall–Kier alpha value is -1.84. The lowest BCUT2D eigenvalue weighted by atomic mass is 9.85. The van der Waals surface area contributed by atoms with Crippen LogP contribution in [0, 0.1) is 5.92 Å². The summed E-state index contributed by atoms with van der Waals surface area (Å²) in [5.41, 5.74) is 7.04. The number of nitrogens with two attached hydrogens (primary N) is 1. The Labute approximate surface area is 108 Å². The Balaban J connectivity index is 2.43. The van der Waals surface area contributed by atoms with Crippen molar-refractivity contribution in [3.8, 4) is 0 Å². The minimum absolute atomic E-state index is 0.208. The molecule has 0 saturated carbocycles. The van der Waals surface area contributed by atoms with Crippen LogP contribution in [-0.2, 0) is 7.05 Å². The highest BCUT2D eigenvalue weighted by atomic mass is 15.4. The standard InChI is InChI=1S/C14H20N4/c1-4-10(2)12(11-8-6-5-7-9-11)13-16-14(15)18(3)17-13/h5-10,12H,4H2,1-3H3,(H2,15,16,17). The quantitative estimate of drug-likeness (QED) is 0.899. The lowest BCUT2D eigenvalue weighted by Crippen LogP contribution is -2.13. The molecule has 4 heteroatoms. The smallest absolute Gasteiger partial charge is 0.218 e. The van der Waals surface area contributed by atoms with Crippen LogP contribution in [0.4, 0.5) is 5.95 Å². The molecule has 2 unspecified atom stereocenters. The van der Waals surface area contributed by atoms with E-state index in [-0.39, 0.29) is 5.92 Å². The summed E-state index contributed by atoms with van der Waals surface area (Å²) in [6, 6.07) is 10.4. The maximum absolute atomic E-state index is 5.79. The molecular weight excluding hydrogens is 224 g/mol. The first-order valence-corrected chi connectivity index (χ1v) is 6.34. The van der Waals surface area contributed by atoms with E-state index in [1.54, 1.807) is 4.68 Å². The van der Waals surface area contributed by atoms with Crippen molar-refractivity contribution in [2.45, 2.75) is 26.2 Å². The molecule has 2 atom stereocenters. The minimum atomic E-state index is 0.208. The summed E-state index contributed by atoms with van der Waals surface area (Å²) < 4.78 is 1.63. The van der Waals surface area contributed by atoms with Crippen molar-refractivity contribution < 1.29 is 0 Å². The van der Waals surface area contributed by atoms with Crippen molar-refractivity contribution in [2.75, 3.05) is 5.73 Å². The number of rotatable bonds is 4. The van der Waals surface area contributed by atoms with Crippen LogP contribution in [0.1, 0.15) is 37.6 Å². The summed E-state index contributed by atoms with van der Waals surface area (Å²) in [6.45, 7) is 4.41. The Morgan fingerprint density at radius 1 is 1.28 bits per heavy atom. The molecule has 18 heavy (non-hydrogen) atoms. The van der Waals surface area contributed by atoms with Gasteiger partial charge in [0.1, 0.15) is 0 Å². The second-order valence-corrected chi connectivity index (χ2v) is 4.73. The van der Waals surface area contributed by atoms with Crippen LogP contribution in [0.3, 0.4) is 0 Å². The van der Waals surface area contributed by atoms with E-state index in [1.807, 2.05) is 13.1 Å². The van der Waals surface area contributed by atoms with Gasteiger partial charge in [-0.25, -0.2) is 4.68 Å². The fourth-order valence-corrected chi connectivity index (χ4v) is 2.18. The molecule has 2 N–H and O–H groups in total. The van der Waals surface area contributed by atoms with Crippen molar-refractivity contribution in [1.29, 1.82) is 0 Å². The molecule has 96 valence electrons. The van der Waals surface area contributed by atoms with Gasteiger partial charge in [0.2, 0.25) is 5.95 Å². The third kappa shape index (κ3) is 2.37. The van der Waals surface area contributed by atoms with Gasteiger partial charge in [-0.05, 0) is 11.5 Å². The number of anilines is 1. The van der Waals surface area contributed by atoms with Crippen LogP contribution in [0.15, 0.2) is 30.3 Å². The predicted octanol–water partition coefficient (Wildman–Crippen LogP) is 2.58. The molecule has 4 nitrogen and oxygen atoms in total. The molecular formula is C14H20N4. The molecule has 0 saturated heterocycles. The van der Waals surface area contributed by atoms with Crippen LogP contribution in [0.2, 0.25) is 0 Å². The van der Waals surface area contributed by atoms with E-state index in [1.165, 1.54) is 5.56 Å². The highest BCUT2D eigenvalue weighted by molar-refractivity contribution is 5.28. The van der Waals surface area contributed by atoms with Gasteiger partial charge in [0.25, 0.3) is 0 Å². The fourth-order valence-electron chi connectivity index (χ4n) is 2.18. The largest absolute Gasteiger partial charge is 0.368 e. The molecule has 0 radical (unpaired) electrons. The average Bonchev–Trinajstić information content (AvgIpc) is 2.70. The second-order valence-electron chi connectivity index (χ2n) is 4.73. The lowest BCUT2D eigenvalue weighted by Gasteiger charge is -2.20. The van der Waals surface area contributed by atoms with E-state index in [0.29, 0.717) is 11.9 Å². The molecule has 1 aromatic heterocycles. The number of nitrogen functional groups attached to an aromatic ring is 1. The van der Waals surface area contributed by atoms with E-state index in [4.69, 9.17) is 5.73 Å². The average molecular weight is 244 g/mol. The number of hydrogen-bond acceptors (Lipinski definition) is 3. The highest BCUT2D eigenvalue weighted by Crippen LogP contribution is 2.31. The van der Waals surface area contributed by atoms with Crippen molar-refractivity contribution >= 4 is 5.95 Å². The Bertz CT molecular complexity index is 484. The summed E-state index contributed by atoms with van der Waals surface area (Å²) in [5, 5.41) is 4.44. The van der Waals surface area contributed by atoms with Crippen LogP contribution in [0.25, 0.3) is 0 Å². The number of nitrogens with zero attached hydrogens (tertiary/aromatic N) is 3. The molecule has 0 spiro atoms. The molecule has 0 aliphatic rings. The molecule has 2 aromatic rings. The molecule has 1 heterocycles. The first-order valence-electron chi connectivity index (χ1n) is 6.34. The fraction of sp³-hybridized carbons (Fsp3) is 0.429. The summed E-state index contributed by atoms with van der Waals surface area (Å²) >= 11 is 0. The zero-order chi connectivity index (χ0) is 13.1. The summed E-state index contributed by atoms with van der Waals surface area (Å²) in [6.07, 6.45) is 1.08. The van der Waals surface area contributed by atoms with Gasteiger partial charge < -0.3 is 5.73 Å². The molecule has 1 aromatic carbocycles. The van der Waals surface area contributed by atoms with Crippen LogP contribution >= 0.6 is 0 Å². The number of benzene rings is 1. The van der Waals surface area contributed by atoms with E-state index >= 15 is 0 Å². The molecule has 0 fully saturated rings. The molecule has 0 bridgehead atoms. The predicted molar refractivity (Wildman–Crippen MR) is 73.2 cm³/mol. The lowest BCUT2D eigenvalue weighted by molar-refractivity contribution is 0.476. The van der Waals surface area contributed by atoms with E-state index in [9.17, 15) is 0 Å². The first-order chi connectivity index (χ1) is 8.63. The van der Waals surface area contributed by atoms with Gasteiger partial charge in [-0.3, -0.25) is 0 Å². The summed E-state index contributed by atoms with van der Waals surface area (Å²) in [7, 11) is 1.82. The van der Waals surface area contributed by atoms with Gasteiger partial charge in [0.15, 0.2) is 5.82 Å². The van der Waals surface area contributed by atoms with E-state index < -0.39 is 0 Å². The SMILES string of the molecule is CCC(C)C(c1ccccc1)c1nc(N)n(C)n1. The molecule has 0 aliphatic heterocycles. The topological polar surface area (TPSA) is 56.7 Å². The molecule has 0 aliphatic carbocycles. The highest BCUT2D eigenvalue weighted by Gasteiger charge is 2.24. The summed E-state index contributed by atoms with van der Waals surface area (Å²) in [4.78, 5) is 4.39. The molecule has 0 amide bonds. The monoisotopic (exact) mass is 244 g/mol. The summed E-state index contributed by atoms with van der Waals surface area (Å²) in [5.74, 6) is 1.97. The Morgan fingerprint density at radius 2 is 1.94 bits per heavy atom. The van der Waals surface area contributed by atoms with Crippen LogP contribution in [-0.4, -0.2) is 14.8 Å². The Morgan fingerprint density at radius 3 is 2.44 bits per heavy atom. The number of aryl methyl sites for hydroxylation is 1. The maximum atomic E-state index is 5.79. The van der Waals surface area contributed by atoms with Gasteiger partial charge in [0.05, 0.1) is 0 Å². The zero-order valence-electron chi connectivity index (χ0n) is 11.2. The second kappa shape index (κ2) is 5.21. The van der Waals surface area contributed by atoms with Gasteiger partial charge in [-0.2, -0.15) is 10.1 Å². The number of aromatic nitrogens is 3. The van der Waals surface area contributed by atoms with Gasteiger partial charge in [-0.15, -0.1) is 0 Å². The van der Waals surface area contributed by atoms with Crippen molar-refractivity contribution in [3.05, 3.63) is 41.7 Å². The third-order valence-electron chi connectivity index (χ3n) is 3.46. The maximum Gasteiger partial charge on any atom is 0.218 e. The zero-order valence-corrected chi connectivity index (χ0v) is 11.2. The molecule has 2 rings (SSSR count). The van der Waals surface area contributed by atoms with Gasteiger partial charge >= 0.3 is 0 Å². The first kappa shape index (κ1) is 12.6.